The van der Waals surface area contributed by atoms with Crippen molar-refractivity contribution in [1.82, 2.24) is 10.3 Å². The zero-order valence-corrected chi connectivity index (χ0v) is 9.32. The summed E-state index contributed by atoms with van der Waals surface area (Å²) in [6, 6.07) is 0. The monoisotopic (exact) mass is 222 g/mol. The minimum absolute atomic E-state index is 0.0610. The Balaban J connectivity index is 2.40. The third kappa shape index (κ3) is 1.80. The van der Waals surface area contributed by atoms with Crippen molar-refractivity contribution in [3.63, 3.8) is 0 Å². The molecule has 1 atom stereocenters. The van der Waals surface area contributed by atoms with Crippen LogP contribution in [0, 0.1) is 0 Å². The Kier molecular flexibility index (Phi) is 2.94. The van der Waals surface area contributed by atoms with Crippen molar-refractivity contribution in [2.24, 2.45) is 0 Å². The second-order valence-corrected chi connectivity index (χ2v) is 3.66. The van der Waals surface area contributed by atoms with Crippen LogP contribution in [0.25, 0.3) is 0 Å². The van der Waals surface area contributed by atoms with Crippen LogP contribution in [0.4, 0.5) is 0 Å². The molecule has 5 heteroatoms. The maximum absolute atomic E-state index is 11.2. The van der Waals surface area contributed by atoms with Gasteiger partial charge in [-0.2, -0.15) is 0 Å². The zero-order valence-electron chi connectivity index (χ0n) is 9.32. The van der Waals surface area contributed by atoms with Gasteiger partial charge in [-0.1, -0.05) is 0 Å². The van der Waals surface area contributed by atoms with E-state index in [1.54, 1.807) is 26.6 Å². The maximum Gasteiger partial charge on any atom is 0.220 e. The number of amides is 1. The van der Waals surface area contributed by atoms with Gasteiger partial charge in [-0.15, -0.1) is 0 Å². The fourth-order valence-corrected chi connectivity index (χ4v) is 1.97. The number of hydrogen-bond donors (Lipinski definition) is 1. The highest BCUT2D eigenvalue weighted by Gasteiger charge is 2.28. The summed E-state index contributed by atoms with van der Waals surface area (Å²) in [5, 5.41) is 2.80. The molecular weight excluding hydrogens is 208 g/mol. The number of hydrogen-bond acceptors (Lipinski definition) is 4. The van der Waals surface area contributed by atoms with Crippen LogP contribution in [0.1, 0.15) is 17.9 Å². The van der Waals surface area contributed by atoms with Gasteiger partial charge >= 0.3 is 0 Å². The summed E-state index contributed by atoms with van der Waals surface area (Å²) in [7, 11) is 3.17. The molecule has 86 valence electrons. The lowest BCUT2D eigenvalue weighted by Gasteiger charge is -2.16. The van der Waals surface area contributed by atoms with Crippen LogP contribution in [-0.4, -0.2) is 31.7 Å². The molecule has 1 saturated heterocycles. The predicted octanol–water partition coefficient (Wildman–Crippen LogP) is 0.702. The fraction of sp³-hybridized carbons (Fsp3) is 0.455. The largest absolute Gasteiger partial charge is 0.495 e. The standard InChI is InChI=1S/C11H14N2O3/c1-15-8-5-12-6-9(16-2)11(8)7-3-10(14)13-4-7/h5-7H,3-4H2,1-2H3,(H,13,14). The molecule has 1 aliphatic rings. The van der Waals surface area contributed by atoms with Gasteiger partial charge in [-0.05, 0) is 0 Å². The number of carbonyl (C=O) groups excluding carboxylic acids is 1. The minimum Gasteiger partial charge on any atom is -0.495 e. The van der Waals surface area contributed by atoms with Gasteiger partial charge in [-0.3, -0.25) is 9.78 Å². The van der Waals surface area contributed by atoms with Crippen molar-refractivity contribution in [1.29, 1.82) is 0 Å². The molecule has 0 radical (unpaired) electrons. The summed E-state index contributed by atoms with van der Waals surface area (Å²) < 4.78 is 10.5. The molecule has 1 aliphatic heterocycles. The van der Waals surface area contributed by atoms with Crippen molar-refractivity contribution < 1.29 is 14.3 Å². The van der Waals surface area contributed by atoms with Crippen LogP contribution in [0.3, 0.4) is 0 Å². The summed E-state index contributed by atoms with van der Waals surface area (Å²) in [5.41, 5.74) is 0.915. The summed E-state index contributed by atoms with van der Waals surface area (Å²) in [6.07, 6.45) is 3.75. The van der Waals surface area contributed by atoms with Crippen LogP contribution >= 0.6 is 0 Å². The van der Waals surface area contributed by atoms with Crippen LogP contribution < -0.4 is 14.8 Å². The molecule has 0 bridgehead atoms. The van der Waals surface area contributed by atoms with E-state index >= 15 is 0 Å². The third-order valence-electron chi connectivity index (χ3n) is 2.74. The maximum atomic E-state index is 11.2. The Morgan fingerprint density at radius 2 is 1.94 bits per heavy atom. The summed E-state index contributed by atoms with van der Waals surface area (Å²) in [6.45, 7) is 0.621. The number of aromatic nitrogens is 1. The molecular formula is C11H14N2O3. The lowest BCUT2D eigenvalue weighted by Crippen LogP contribution is -2.14. The smallest absolute Gasteiger partial charge is 0.220 e. The molecule has 1 aromatic rings. The lowest BCUT2D eigenvalue weighted by molar-refractivity contribution is -0.119. The summed E-state index contributed by atoms with van der Waals surface area (Å²) in [4.78, 5) is 15.2. The predicted molar refractivity (Wildman–Crippen MR) is 57.7 cm³/mol. The first-order valence-corrected chi connectivity index (χ1v) is 5.08. The van der Waals surface area contributed by atoms with E-state index in [4.69, 9.17) is 9.47 Å². The first kappa shape index (κ1) is 10.7. The number of nitrogens with one attached hydrogen (secondary N) is 1. The van der Waals surface area contributed by atoms with Gasteiger partial charge in [0.05, 0.1) is 26.6 Å². The molecule has 1 unspecified atom stereocenters. The van der Waals surface area contributed by atoms with Gasteiger partial charge in [0.1, 0.15) is 11.5 Å². The molecule has 0 aromatic carbocycles. The van der Waals surface area contributed by atoms with E-state index in [2.05, 4.69) is 10.3 Å². The average Bonchev–Trinajstić information content (AvgIpc) is 2.74. The lowest BCUT2D eigenvalue weighted by atomic mass is 9.97. The number of ether oxygens (including phenoxy) is 2. The molecule has 1 aromatic heterocycles. The quantitative estimate of drug-likeness (QED) is 0.818. The Bertz CT molecular complexity index is 384. The molecule has 0 aliphatic carbocycles. The van der Waals surface area contributed by atoms with Crippen LogP contribution in [0.5, 0.6) is 11.5 Å². The highest BCUT2D eigenvalue weighted by molar-refractivity contribution is 5.80. The van der Waals surface area contributed by atoms with E-state index in [0.717, 1.165) is 5.56 Å². The molecule has 5 nitrogen and oxygen atoms in total. The van der Waals surface area contributed by atoms with Crippen LogP contribution in [-0.2, 0) is 4.79 Å². The molecule has 2 heterocycles. The number of pyridine rings is 1. The summed E-state index contributed by atoms with van der Waals surface area (Å²) in [5.74, 6) is 1.49. The number of methoxy groups -OCH3 is 2. The first-order chi connectivity index (χ1) is 7.76. The van der Waals surface area contributed by atoms with E-state index in [-0.39, 0.29) is 11.8 Å². The third-order valence-corrected chi connectivity index (χ3v) is 2.74. The SMILES string of the molecule is COc1cncc(OC)c1C1CNC(=O)C1. The minimum atomic E-state index is 0.0610. The Morgan fingerprint density at radius 3 is 2.38 bits per heavy atom. The normalized spacial score (nSPS) is 19.4. The van der Waals surface area contributed by atoms with E-state index in [0.29, 0.717) is 24.5 Å². The van der Waals surface area contributed by atoms with Crippen LogP contribution in [0.15, 0.2) is 12.4 Å². The second-order valence-electron chi connectivity index (χ2n) is 3.66. The van der Waals surface area contributed by atoms with Gasteiger partial charge in [-0.25, -0.2) is 0 Å². The van der Waals surface area contributed by atoms with Crippen molar-refractivity contribution in [3.05, 3.63) is 18.0 Å². The highest BCUT2D eigenvalue weighted by atomic mass is 16.5. The number of nitrogens with zero attached hydrogens (tertiary/aromatic N) is 1. The first-order valence-electron chi connectivity index (χ1n) is 5.08. The van der Waals surface area contributed by atoms with Gasteiger partial charge in [0, 0.05) is 24.4 Å². The molecule has 2 rings (SSSR count). The Hall–Kier alpha value is -1.78. The van der Waals surface area contributed by atoms with E-state index in [1.165, 1.54) is 0 Å². The second kappa shape index (κ2) is 4.38. The van der Waals surface area contributed by atoms with E-state index < -0.39 is 0 Å². The van der Waals surface area contributed by atoms with Crippen molar-refractivity contribution in [2.75, 3.05) is 20.8 Å². The molecule has 0 spiro atoms. The number of carbonyl (C=O) groups is 1. The molecule has 0 saturated carbocycles. The van der Waals surface area contributed by atoms with Crippen molar-refractivity contribution in [3.8, 4) is 11.5 Å². The van der Waals surface area contributed by atoms with Gasteiger partial charge < -0.3 is 14.8 Å². The van der Waals surface area contributed by atoms with Crippen LogP contribution in [0.2, 0.25) is 0 Å². The Labute approximate surface area is 93.8 Å². The van der Waals surface area contributed by atoms with Gasteiger partial charge in [0.2, 0.25) is 5.91 Å². The Morgan fingerprint density at radius 1 is 1.31 bits per heavy atom. The molecule has 16 heavy (non-hydrogen) atoms. The topological polar surface area (TPSA) is 60.5 Å². The number of rotatable bonds is 3. The van der Waals surface area contributed by atoms with Gasteiger partial charge in [0.25, 0.3) is 0 Å². The average molecular weight is 222 g/mol. The molecule has 1 N–H and O–H groups in total. The zero-order chi connectivity index (χ0) is 11.5. The fourth-order valence-electron chi connectivity index (χ4n) is 1.97. The van der Waals surface area contributed by atoms with Gasteiger partial charge in [0.15, 0.2) is 0 Å². The molecule has 1 amide bonds. The van der Waals surface area contributed by atoms with E-state index in [9.17, 15) is 4.79 Å². The highest BCUT2D eigenvalue weighted by Crippen LogP contribution is 2.37. The molecule has 1 fully saturated rings. The summed E-state index contributed by atoms with van der Waals surface area (Å²) >= 11 is 0. The van der Waals surface area contributed by atoms with Crippen molar-refractivity contribution >= 4 is 5.91 Å². The van der Waals surface area contributed by atoms with E-state index in [1.807, 2.05) is 0 Å². The van der Waals surface area contributed by atoms with Crippen molar-refractivity contribution in [2.45, 2.75) is 12.3 Å².